The van der Waals surface area contributed by atoms with Crippen molar-refractivity contribution in [2.75, 3.05) is 18.0 Å². The lowest BCUT2D eigenvalue weighted by atomic mass is 9.80. The summed E-state index contributed by atoms with van der Waals surface area (Å²) >= 11 is 0. The van der Waals surface area contributed by atoms with Gasteiger partial charge in [0.15, 0.2) is 0 Å². The lowest BCUT2D eigenvalue weighted by Crippen LogP contribution is -2.28. The van der Waals surface area contributed by atoms with E-state index in [-0.39, 0.29) is 6.10 Å². The summed E-state index contributed by atoms with van der Waals surface area (Å²) < 4.78 is 0. The minimum atomic E-state index is -0.119. The molecular weight excluding hydrogens is 226 g/mol. The Balaban J connectivity index is 1.73. The van der Waals surface area contributed by atoms with Gasteiger partial charge in [-0.2, -0.15) is 0 Å². The third-order valence-electron chi connectivity index (χ3n) is 4.14. The van der Waals surface area contributed by atoms with Crippen LogP contribution in [0.1, 0.15) is 50.1 Å². The molecule has 1 aromatic heterocycles. The molecule has 0 unspecified atom stereocenters. The van der Waals surface area contributed by atoms with Crippen LogP contribution in [0, 0.1) is 0 Å². The van der Waals surface area contributed by atoms with E-state index in [0.29, 0.717) is 5.92 Å². The van der Waals surface area contributed by atoms with Crippen LogP contribution >= 0.6 is 0 Å². The average Bonchev–Trinajstić information content (AvgIpc) is 2.64. The number of anilines is 1. The fourth-order valence-electron chi connectivity index (χ4n) is 2.89. The van der Waals surface area contributed by atoms with Crippen molar-refractivity contribution in [1.82, 2.24) is 9.97 Å². The van der Waals surface area contributed by atoms with E-state index in [9.17, 15) is 5.11 Å². The maximum Gasteiger partial charge on any atom is 0.132 e. The van der Waals surface area contributed by atoms with E-state index in [1.165, 1.54) is 25.7 Å². The van der Waals surface area contributed by atoms with Gasteiger partial charge in [-0.25, -0.2) is 9.97 Å². The zero-order valence-corrected chi connectivity index (χ0v) is 10.8. The van der Waals surface area contributed by atoms with Gasteiger partial charge in [0.05, 0.1) is 6.10 Å². The van der Waals surface area contributed by atoms with Gasteiger partial charge < -0.3 is 10.0 Å². The molecule has 3 rings (SSSR count). The second-order valence-corrected chi connectivity index (χ2v) is 5.52. The Morgan fingerprint density at radius 3 is 2.44 bits per heavy atom. The Hall–Kier alpha value is -1.16. The number of hydrogen-bond acceptors (Lipinski definition) is 4. The first-order chi connectivity index (χ1) is 8.83. The van der Waals surface area contributed by atoms with Gasteiger partial charge in [-0.1, -0.05) is 12.8 Å². The van der Waals surface area contributed by atoms with E-state index in [0.717, 1.165) is 37.4 Å². The first kappa shape index (κ1) is 11.9. The fourth-order valence-corrected chi connectivity index (χ4v) is 2.89. The summed E-state index contributed by atoms with van der Waals surface area (Å²) in [5.41, 5.74) is 1.11. The van der Waals surface area contributed by atoms with Crippen molar-refractivity contribution < 1.29 is 5.11 Å². The highest BCUT2D eigenvalue weighted by Gasteiger charge is 2.30. The molecule has 4 heteroatoms. The zero-order valence-electron chi connectivity index (χ0n) is 10.8. The Labute approximate surface area is 108 Å². The van der Waals surface area contributed by atoms with Crippen LogP contribution in [0.2, 0.25) is 0 Å². The van der Waals surface area contributed by atoms with E-state index in [2.05, 4.69) is 20.9 Å². The van der Waals surface area contributed by atoms with E-state index in [1.54, 1.807) is 6.33 Å². The molecular formula is C14H21N3O. The van der Waals surface area contributed by atoms with E-state index in [4.69, 9.17) is 0 Å². The number of aromatic nitrogens is 2. The number of aliphatic hydroxyl groups excluding tert-OH is 1. The zero-order chi connectivity index (χ0) is 12.4. The predicted molar refractivity (Wildman–Crippen MR) is 70.7 cm³/mol. The molecule has 98 valence electrons. The van der Waals surface area contributed by atoms with Crippen molar-refractivity contribution in [3.8, 4) is 0 Å². The summed E-state index contributed by atoms with van der Waals surface area (Å²) in [7, 11) is 0. The molecule has 2 fully saturated rings. The highest BCUT2D eigenvalue weighted by molar-refractivity contribution is 5.40. The molecule has 0 spiro atoms. The molecule has 0 radical (unpaired) electrons. The Morgan fingerprint density at radius 1 is 1.06 bits per heavy atom. The molecule has 4 nitrogen and oxygen atoms in total. The van der Waals surface area contributed by atoms with Gasteiger partial charge in [0.1, 0.15) is 12.1 Å². The third kappa shape index (κ3) is 2.48. The molecule has 2 aliphatic rings. The van der Waals surface area contributed by atoms with Gasteiger partial charge >= 0.3 is 0 Å². The molecule has 0 bridgehead atoms. The third-order valence-corrected chi connectivity index (χ3v) is 4.14. The maximum absolute atomic E-state index is 9.38. The van der Waals surface area contributed by atoms with Crippen LogP contribution < -0.4 is 4.90 Å². The standard InChI is InChI=1S/C14H21N3O/c18-12-7-11(8-12)13-9-14(16-10-15-13)17-5-3-1-2-4-6-17/h9-12,18H,1-8H2. The van der Waals surface area contributed by atoms with Crippen molar-refractivity contribution in [1.29, 1.82) is 0 Å². The molecule has 1 N–H and O–H groups in total. The Morgan fingerprint density at radius 2 is 1.78 bits per heavy atom. The largest absolute Gasteiger partial charge is 0.393 e. The monoisotopic (exact) mass is 247 g/mol. The van der Waals surface area contributed by atoms with Crippen LogP contribution in [-0.4, -0.2) is 34.3 Å². The van der Waals surface area contributed by atoms with Crippen molar-refractivity contribution >= 4 is 5.82 Å². The molecule has 18 heavy (non-hydrogen) atoms. The van der Waals surface area contributed by atoms with E-state index < -0.39 is 0 Å². The molecule has 1 saturated heterocycles. The first-order valence-corrected chi connectivity index (χ1v) is 7.08. The molecule has 0 atom stereocenters. The molecule has 1 saturated carbocycles. The van der Waals surface area contributed by atoms with Gasteiger partial charge in [-0.3, -0.25) is 0 Å². The van der Waals surface area contributed by atoms with Crippen molar-refractivity contribution in [2.24, 2.45) is 0 Å². The number of aliphatic hydroxyl groups is 1. The van der Waals surface area contributed by atoms with Gasteiger partial charge in [0.2, 0.25) is 0 Å². The van der Waals surface area contributed by atoms with Crippen LogP contribution in [0.5, 0.6) is 0 Å². The second-order valence-electron chi connectivity index (χ2n) is 5.52. The minimum Gasteiger partial charge on any atom is -0.393 e. The highest BCUT2D eigenvalue weighted by Crippen LogP contribution is 2.36. The smallest absolute Gasteiger partial charge is 0.132 e. The number of nitrogens with zero attached hydrogens (tertiary/aromatic N) is 3. The van der Waals surface area contributed by atoms with Crippen molar-refractivity contribution in [3.63, 3.8) is 0 Å². The summed E-state index contributed by atoms with van der Waals surface area (Å²) in [5, 5.41) is 9.38. The second kappa shape index (κ2) is 5.22. The normalized spacial score (nSPS) is 28.6. The summed E-state index contributed by atoms with van der Waals surface area (Å²) in [6.45, 7) is 2.23. The van der Waals surface area contributed by atoms with Crippen LogP contribution in [0.15, 0.2) is 12.4 Å². The average molecular weight is 247 g/mol. The highest BCUT2D eigenvalue weighted by atomic mass is 16.3. The molecule has 1 aliphatic carbocycles. The number of rotatable bonds is 2. The van der Waals surface area contributed by atoms with Gasteiger partial charge in [-0.05, 0) is 25.7 Å². The molecule has 1 aromatic rings. The molecule has 1 aliphatic heterocycles. The lowest BCUT2D eigenvalue weighted by Gasteiger charge is -2.31. The number of hydrogen-bond donors (Lipinski definition) is 1. The topological polar surface area (TPSA) is 49.2 Å². The van der Waals surface area contributed by atoms with Crippen molar-refractivity contribution in [3.05, 3.63) is 18.1 Å². The summed E-state index contributed by atoms with van der Waals surface area (Å²) in [4.78, 5) is 11.2. The first-order valence-electron chi connectivity index (χ1n) is 7.08. The molecule has 2 heterocycles. The van der Waals surface area contributed by atoms with Gasteiger partial charge in [-0.15, -0.1) is 0 Å². The van der Waals surface area contributed by atoms with Crippen LogP contribution in [0.3, 0.4) is 0 Å². The van der Waals surface area contributed by atoms with Crippen LogP contribution in [0.4, 0.5) is 5.82 Å². The van der Waals surface area contributed by atoms with Crippen LogP contribution in [-0.2, 0) is 0 Å². The molecule has 0 amide bonds. The predicted octanol–water partition coefficient (Wildman–Crippen LogP) is 2.10. The van der Waals surface area contributed by atoms with E-state index in [1.807, 2.05) is 0 Å². The van der Waals surface area contributed by atoms with Crippen LogP contribution in [0.25, 0.3) is 0 Å². The summed E-state index contributed by atoms with van der Waals surface area (Å²) in [6.07, 6.45) is 8.48. The Kier molecular flexibility index (Phi) is 3.46. The van der Waals surface area contributed by atoms with Gasteiger partial charge in [0.25, 0.3) is 0 Å². The van der Waals surface area contributed by atoms with Gasteiger partial charge in [0, 0.05) is 30.8 Å². The Bertz CT molecular complexity index is 396. The van der Waals surface area contributed by atoms with E-state index >= 15 is 0 Å². The SMILES string of the molecule is OC1CC(c2cc(N3CCCCCC3)ncn2)C1. The quantitative estimate of drug-likeness (QED) is 0.869. The fraction of sp³-hybridized carbons (Fsp3) is 0.714. The lowest BCUT2D eigenvalue weighted by molar-refractivity contribution is 0.0732. The molecule has 0 aromatic carbocycles. The summed E-state index contributed by atoms with van der Waals surface area (Å²) in [5.74, 6) is 1.51. The maximum atomic E-state index is 9.38. The van der Waals surface area contributed by atoms with Crippen molar-refractivity contribution in [2.45, 2.75) is 50.5 Å². The summed E-state index contributed by atoms with van der Waals surface area (Å²) in [6, 6.07) is 2.13. The minimum absolute atomic E-state index is 0.119.